The molecule has 1 aliphatic heterocycles. The van der Waals surface area contributed by atoms with Crippen LogP contribution in [0, 0.1) is 0 Å². The summed E-state index contributed by atoms with van der Waals surface area (Å²) < 4.78 is 1.25. The van der Waals surface area contributed by atoms with Crippen LogP contribution in [-0.4, -0.2) is 13.1 Å². The largest absolute Gasteiger partial charge is 0.316 e. The lowest BCUT2D eigenvalue weighted by Crippen LogP contribution is -2.08. The predicted molar refractivity (Wildman–Crippen MR) is 54.4 cm³/mol. The highest BCUT2D eigenvalue weighted by Gasteiger charge is 2.17. The average Bonchev–Trinajstić information content (AvgIpc) is 2.57. The molecule has 12 heavy (non-hydrogen) atoms. The summed E-state index contributed by atoms with van der Waals surface area (Å²) in [7, 11) is 0. The van der Waals surface area contributed by atoms with Crippen LogP contribution in [0.2, 0.25) is 0 Å². The summed E-state index contributed by atoms with van der Waals surface area (Å²) >= 11 is 3.58. The maximum absolute atomic E-state index is 3.58. The van der Waals surface area contributed by atoms with Crippen molar-refractivity contribution >= 4 is 15.9 Å². The lowest BCUT2D eigenvalue weighted by atomic mass is 9.99. The Kier molecular flexibility index (Phi) is 2.47. The molecule has 64 valence electrons. The van der Waals surface area contributed by atoms with E-state index in [1.165, 1.54) is 16.5 Å². The molecule has 0 aromatic heterocycles. The monoisotopic (exact) mass is 225 g/mol. The van der Waals surface area contributed by atoms with Crippen LogP contribution in [0.3, 0.4) is 0 Å². The van der Waals surface area contributed by atoms with Crippen molar-refractivity contribution < 1.29 is 0 Å². The Morgan fingerprint density at radius 3 is 2.83 bits per heavy atom. The van der Waals surface area contributed by atoms with Gasteiger partial charge in [0.15, 0.2) is 0 Å². The first kappa shape index (κ1) is 8.27. The molecule has 1 aromatic rings. The second kappa shape index (κ2) is 3.58. The molecule has 0 aliphatic carbocycles. The zero-order chi connectivity index (χ0) is 8.39. The van der Waals surface area contributed by atoms with Gasteiger partial charge in [0.05, 0.1) is 0 Å². The minimum Gasteiger partial charge on any atom is -0.316 e. The Balaban J connectivity index is 2.26. The number of halogens is 1. The number of hydrogen-bond acceptors (Lipinski definition) is 1. The van der Waals surface area contributed by atoms with Crippen molar-refractivity contribution in [2.75, 3.05) is 13.1 Å². The van der Waals surface area contributed by atoms with Crippen molar-refractivity contribution in [3.05, 3.63) is 34.3 Å². The average molecular weight is 226 g/mol. The summed E-state index contributed by atoms with van der Waals surface area (Å²) in [5.74, 6) is 0.709. The molecular weight excluding hydrogens is 214 g/mol. The van der Waals surface area contributed by atoms with E-state index >= 15 is 0 Å². The third kappa shape index (κ3) is 1.54. The standard InChI is InChI=1S/C10H12BrN/c11-10-4-2-1-3-9(10)8-5-6-12-7-8/h1-4,8,12H,5-7H2/t8-/m0/s1. The van der Waals surface area contributed by atoms with Crippen molar-refractivity contribution in [1.29, 1.82) is 0 Å². The Morgan fingerprint density at radius 1 is 1.33 bits per heavy atom. The summed E-state index contributed by atoms with van der Waals surface area (Å²) in [6.07, 6.45) is 1.27. The number of benzene rings is 1. The van der Waals surface area contributed by atoms with E-state index in [2.05, 4.69) is 45.5 Å². The van der Waals surface area contributed by atoms with Crippen LogP contribution in [0.25, 0.3) is 0 Å². The van der Waals surface area contributed by atoms with E-state index in [0.29, 0.717) is 5.92 Å². The molecule has 2 heteroatoms. The lowest BCUT2D eigenvalue weighted by molar-refractivity contribution is 0.759. The van der Waals surface area contributed by atoms with Gasteiger partial charge in [0.2, 0.25) is 0 Å². The molecule has 0 spiro atoms. The first-order valence-corrected chi connectivity index (χ1v) is 5.12. The minimum atomic E-state index is 0.709. The molecule has 2 rings (SSSR count). The highest BCUT2D eigenvalue weighted by Crippen LogP contribution is 2.28. The van der Waals surface area contributed by atoms with Crippen LogP contribution in [0.4, 0.5) is 0 Å². The SMILES string of the molecule is Brc1ccccc1[C@H]1CCNC1. The lowest BCUT2D eigenvalue weighted by Gasteiger charge is -2.09. The van der Waals surface area contributed by atoms with E-state index in [0.717, 1.165) is 13.1 Å². The van der Waals surface area contributed by atoms with Crippen LogP contribution in [-0.2, 0) is 0 Å². The first-order chi connectivity index (χ1) is 5.88. The van der Waals surface area contributed by atoms with Gasteiger partial charge in [0.25, 0.3) is 0 Å². The van der Waals surface area contributed by atoms with Gasteiger partial charge in [-0.15, -0.1) is 0 Å². The van der Waals surface area contributed by atoms with Crippen molar-refractivity contribution in [2.45, 2.75) is 12.3 Å². The zero-order valence-electron chi connectivity index (χ0n) is 6.89. The normalized spacial score (nSPS) is 22.9. The van der Waals surface area contributed by atoms with Crippen LogP contribution in [0.15, 0.2) is 28.7 Å². The Labute approximate surface area is 81.3 Å². The molecule has 1 aliphatic rings. The summed E-state index contributed by atoms with van der Waals surface area (Å²) in [4.78, 5) is 0. The zero-order valence-corrected chi connectivity index (χ0v) is 8.47. The number of rotatable bonds is 1. The van der Waals surface area contributed by atoms with Gasteiger partial charge in [-0.25, -0.2) is 0 Å². The molecule has 0 saturated carbocycles. The van der Waals surface area contributed by atoms with Crippen LogP contribution < -0.4 is 5.32 Å². The fourth-order valence-electron chi connectivity index (χ4n) is 1.73. The predicted octanol–water partition coefficient (Wildman–Crippen LogP) is 2.53. The minimum absolute atomic E-state index is 0.709. The smallest absolute Gasteiger partial charge is 0.0210 e. The molecule has 1 nitrogen and oxygen atoms in total. The Morgan fingerprint density at radius 2 is 2.17 bits per heavy atom. The highest BCUT2D eigenvalue weighted by atomic mass is 79.9. The molecule has 1 aromatic carbocycles. The molecule has 0 bridgehead atoms. The molecule has 0 amide bonds. The molecule has 0 unspecified atom stereocenters. The van der Waals surface area contributed by atoms with E-state index < -0.39 is 0 Å². The maximum atomic E-state index is 3.58. The summed E-state index contributed by atoms with van der Waals surface area (Å²) in [5, 5.41) is 3.38. The first-order valence-electron chi connectivity index (χ1n) is 4.33. The van der Waals surface area contributed by atoms with E-state index in [9.17, 15) is 0 Å². The van der Waals surface area contributed by atoms with E-state index in [4.69, 9.17) is 0 Å². The van der Waals surface area contributed by atoms with Crippen LogP contribution >= 0.6 is 15.9 Å². The van der Waals surface area contributed by atoms with Gasteiger partial charge >= 0.3 is 0 Å². The molecular formula is C10H12BrN. The topological polar surface area (TPSA) is 12.0 Å². The van der Waals surface area contributed by atoms with Gasteiger partial charge in [-0.1, -0.05) is 34.1 Å². The maximum Gasteiger partial charge on any atom is 0.0210 e. The van der Waals surface area contributed by atoms with Gasteiger partial charge in [-0.05, 0) is 30.5 Å². The number of nitrogens with one attached hydrogen (secondary N) is 1. The molecule has 1 fully saturated rings. The third-order valence-corrected chi connectivity index (χ3v) is 3.13. The molecule has 0 radical (unpaired) electrons. The van der Waals surface area contributed by atoms with Gasteiger partial charge in [0.1, 0.15) is 0 Å². The van der Waals surface area contributed by atoms with E-state index in [-0.39, 0.29) is 0 Å². The van der Waals surface area contributed by atoms with Crippen molar-refractivity contribution in [2.24, 2.45) is 0 Å². The van der Waals surface area contributed by atoms with E-state index in [1.54, 1.807) is 0 Å². The Bertz CT molecular complexity index is 266. The fourth-order valence-corrected chi connectivity index (χ4v) is 2.33. The van der Waals surface area contributed by atoms with Gasteiger partial charge in [-0.3, -0.25) is 0 Å². The second-order valence-electron chi connectivity index (χ2n) is 3.21. The quantitative estimate of drug-likeness (QED) is 0.775. The van der Waals surface area contributed by atoms with Gasteiger partial charge in [-0.2, -0.15) is 0 Å². The summed E-state index contributed by atoms with van der Waals surface area (Å²) in [6, 6.07) is 8.50. The second-order valence-corrected chi connectivity index (χ2v) is 4.07. The molecule has 1 N–H and O–H groups in total. The summed E-state index contributed by atoms with van der Waals surface area (Å²) in [6.45, 7) is 2.29. The Hall–Kier alpha value is -0.340. The molecule has 1 heterocycles. The van der Waals surface area contributed by atoms with Crippen molar-refractivity contribution in [1.82, 2.24) is 5.32 Å². The number of hydrogen-bond donors (Lipinski definition) is 1. The van der Waals surface area contributed by atoms with Crippen LogP contribution in [0.1, 0.15) is 17.9 Å². The van der Waals surface area contributed by atoms with Gasteiger partial charge < -0.3 is 5.32 Å². The third-order valence-electron chi connectivity index (χ3n) is 2.41. The van der Waals surface area contributed by atoms with Crippen molar-refractivity contribution in [3.8, 4) is 0 Å². The van der Waals surface area contributed by atoms with Crippen molar-refractivity contribution in [3.63, 3.8) is 0 Å². The highest BCUT2D eigenvalue weighted by molar-refractivity contribution is 9.10. The molecule has 1 saturated heterocycles. The fraction of sp³-hybridized carbons (Fsp3) is 0.400. The van der Waals surface area contributed by atoms with E-state index in [1.807, 2.05) is 0 Å². The summed E-state index contributed by atoms with van der Waals surface area (Å²) in [5.41, 5.74) is 1.45. The van der Waals surface area contributed by atoms with Gasteiger partial charge in [0, 0.05) is 11.0 Å². The van der Waals surface area contributed by atoms with Crippen LogP contribution in [0.5, 0.6) is 0 Å². The molecule has 1 atom stereocenters.